The Bertz CT molecular complexity index is 2900. The monoisotopic (exact) mass is 1010 g/mol. The van der Waals surface area contributed by atoms with Gasteiger partial charge >= 0.3 is 0 Å². The standard InChI is InChI=1S/C25H29FN10.C15H20ClN5.C10H12FN5/c1-25(2)12-16(9-17-5-4-8-35(17)25)30-23-21(27-3)13-28-24(32-23)31-20-11-22(36-14-29-33-34-36)18(10-19(20)26)15-6-7-15;1-15(2)8-10(7-11-5-4-6-21(11)15)19-13-12(17-3)9-18-14(16)20-13;11-8-3-7(6-1-2-6)10(4-9(8)13)16(5-12)15-14/h10-11,13-17H,4-9,12H2,1-2H3,(H2,28,30,31,32);9-11H,4-8H2,1-2H3,(H,18,19,20);3-6,12,14H,1-2,13H2/t16-,17+;10-,11+;/m11./s1. The summed E-state index contributed by atoms with van der Waals surface area (Å²) >= 11 is 5.86. The van der Waals surface area contributed by atoms with Gasteiger partial charge in [-0.15, -0.1) is 5.10 Å². The molecule has 7 heterocycles. The molecule has 73 heavy (non-hydrogen) atoms. The van der Waals surface area contributed by atoms with Gasteiger partial charge in [0.1, 0.15) is 35.9 Å². The normalized spacial score (nSPS) is 22.6. The molecular formula is C50H61ClF2N20. The van der Waals surface area contributed by atoms with Crippen molar-refractivity contribution in [1.29, 1.82) is 10.9 Å². The molecule has 11 rings (SSSR count). The molecule has 2 aromatic carbocycles. The topological polar surface area (TPSA) is 236 Å². The van der Waals surface area contributed by atoms with Gasteiger partial charge in [0.2, 0.25) is 22.6 Å². The van der Waals surface area contributed by atoms with E-state index in [0.717, 1.165) is 86.1 Å². The van der Waals surface area contributed by atoms with Crippen molar-refractivity contribution in [2.24, 2.45) is 5.22 Å². The number of fused-ring (bicyclic) bond motifs is 2. The van der Waals surface area contributed by atoms with Crippen molar-refractivity contribution in [3.8, 4) is 5.69 Å². The Balaban J connectivity index is 0.000000150. The molecule has 4 saturated heterocycles. The minimum absolute atomic E-state index is 0.00917. The summed E-state index contributed by atoms with van der Waals surface area (Å²) in [4.78, 5) is 29.3. The minimum Gasteiger partial charge on any atom is -0.396 e. The summed E-state index contributed by atoms with van der Waals surface area (Å²) in [6.07, 6.45) is 18.5. The van der Waals surface area contributed by atoms with Crippen molar-refractivity contribution in [3.63, 3.8) is 0 Å². The fourth-order valence-corrected chi connectivity index (χ4v) is 11.6. The Morgan fingerprint density at radius 2 is 1.40 bits per heavy atom. The van der Waals surface area contributed by atoms with Gasteiger partial charge in [-0.2, -0.15) is 5.53 Å². The Kier molecular flexibility index (Phi) is 14.8. The molecule has 6 aliphatic rings. The summed E-state index contributed by atoms with van der Waals surface area (Å²) in [5.41, 5.74) is 16.6. The van der Waals surface area contributed by atoms with E-state index in [1.54, 1.807) is 16.8 Å². The summed E-state index contributed by atoms with van der Waals surface area (Å²) in [7, 11) is 0. The van der Waals surface area contributed by atoms with Gasteiger partial charge in [0.05, 0.1) is 35.9 Å². The van der Waals surface area contributed by atoms with Crippen molar-refractivity contribution in [2.75, 3.05) is 39.8 Å². The average Bonchev–Trinajstić information content (AvgIpc) is 4.20. The molecule has 0 radical (unpaired) electrons. The van der Waals surface area contributed by atoms with Crippen LogP contribution in [0.5, 0.6) is 0 Å². The molecule has 0 amide bonds. The Morgan fingerprint density at radius 3 is 1.95 bits per heavy atom. The van der Waals surface area contributed by atoms with Crippen molar-refractivity contribution < 1.29 is 8.78 Å². The van der Waals surface area contributed by atoms with Gasteiger partial charge in [0, 0.05) is 47.6 Å². The summed E-state index contributed by atoms with van der Waals surface area (Å²) in [6, 6.07) is 7.74. The van der Waals surface area contributed by atoms with E-state index in [2.05, 4.69) is 104 Å². The quantitative estimate of drug-likeness (QED) is 0.0130. The second-order valence-electron chi connectivity index (χ2n) is 21.0. The molecule has 5 aromatic rings. The molecule has 6 fully saturated rings. The average molecular weight is 1020 g/mol. The number of hydrogen-bond acceptors (Lipinski definition) is 16. The van der Waals surface area contributed by atoms with Gasteiger partial charge in [-0.25, -0.2) is 48.1 Å². The first kappa shape index (κ1) is 50.9. The number of nitrogens with one attached hydrogen (secondary N) is 5. The molecule has 2 aliphatic carbocycles. The highest BCUT2D eigenvalue weighted by molar-refractivity contribution is 6.28. The van der Waals surface area contributed by atoms with E-state index in [9.17, 15) is 4.39 Å². The maximum Gasteiger partial charge on any atom is 0.246 e. The van der Waals surface area contributed by atoms with Gasteiger partial charge in [-0.3, -0.25) is 15.2 Å². The lowest BCUT2D eigenvalue weighted by Crippen LogP contribution is -2.55. The van der Waals surface area contributed by atoms with E-state index in [4.69, 9.17) is 41.4 Å². The highest BCUT2D eigenvalue weighted by atomic mass is 35.5. The van der Waals surface area contributed by atoms with Crippen molar-refractivity contribution in [2.45, 2.75) is 152 Å². The first-order valence-electron chi connectivity index (χ1n) is 24.9. The molecule has 3 aromatic heterocycles. The van der Waals surface area contributed by atoms with Crippen molar-refractivity contribution >= 4 is 64.0 Å². The number of aromatic nitrogens is 8. The number of rotatable bonds is 12. The van der Waals surface area contributed by atoms with Crippen LogP contribution in [0.25, 0.3) is 15.4 Å². The third-order valence-electron chi connectivity index (χ3n) is 15.0. The Morgan fingerprint density at radius 1 is 0.822 bits per heavy atom. The summed E-state index contributed by atoms with van der Waals surface area (Å²) in [6.45, 7) is 26.4. The molecule has 4 aliphatic heterocycles. The Labute approximate surface area is 428 Å². The fraction of sp³-hybridized carbons (Fsp3) is 0.520. The van der Waals surface area contributed by atoms with Crippen LogP contribution in [0, 0.1) is 35.7 Å². The fourth-order valence-electron chi connectivity index (χ4n) is 11.4. The van der Waals surface area contributed by atoms with Crippen molar-refractivity contribution in [1.82, 2.24) is 49.9 Å². The van der Waals surface area contributed by atoms with Gasteiger partial charge in [0.25, 0.3) is 0 Å². The first-order chi connectivity index (χ1) is 35.1. The van der Waals surface area contributed by atoms with E-state index in [0.29, 0.717) is 58.7 Å². The van der Waals surface area contributed by atoms with Crippen LogP contribution in [0.4, 0.5) is 54.8 Å². The summed E-state index contributed by atoms with van der Waals surface area (Å²) in [5, 5.41) is 33.0. The number of nitrogens with zero attached hydrogens (tertiary/aromatic N) is 14. The summed E-state index contributed by atoms with van der Waals surface area (Å²) in [5.74, 6) is 1.03. The van der Waals surface area contributed by atoms with Gasteiger partial charge < -0.3 is 21.7 Å². The molecule has 0 spiro atoms. The van der Waals surface area contributed by atoms with E-state index in [1.165, 1.54) is 63.1 Å². The smallest absolute Gasteiger partial charge is 0.246 e. The van der Waals surface area contributed by atoms with Gasteiger partial charge in [-0.1, -0.05) is 5.22 Å². The van der Waals surface area contributed by atoms with E-state index < -0.39 is 11.6 Å². The lowest BCUT2D eigenvalue weighted by atomic mass is 9.84. The highest BCUT2D eigenvalue weighted by Crippen LogP contribution is 2.47. The van der Waals surface area contributed by atoms with Crippen LogP contribution in [0.15, 0.2) is 48.2 Å². The number of piperidine rings is 2. The predicted molar refractivity (Wildman–Crippen MR) is 276 cm³/mol. The van der Waals surface area contributed by atoms with Crippen LogP contribution < -0.4 is 26.7 Å². The highest BCUT2D eigenvalue weighted by Gasteiger charge is 2.44. The number of benzene rings is 2. The van der Waals surface area contributed by atoms with Crippen LogP contribution in [0.1, 0.15) is 128 Å². The summed E-state index contributed by atoms with van der Waals surface area (Å²) < 4.78 is 30.0. The van der Waals surface area contributed by atoms with Crippen LogP contribution >= 0.6 is 11.6 Å². The molecule has 0 bridgehead atoms. The number of nitrogens with two attached hydrogens (primary N) is 1. The SMILES string of the molecule is N=CN(N=N)c1cc(N)c(F)cc1C1CC1.[C-]#[N+]c1cnc(Cl)nc1N[C@@H]1C[C@@H]2CCCN2C(C)(C)C1.[C-]#[N+]c1cnc(Nc2cc(-n3cnnn3)c(C3CC3)cc2F)nc1N[C@@H]1C[C@@H]2CCCN2C(C)(C)C1. The number of anilines is 6. The van der Waals surface area contributed by atoms with Crippen LogP contribution in [0.2, 0.25) is 5.28 Å². The minimum atomic E-state index is -0.458. The number of hydrogen-bond donors (Lipinski definition) is 6. The second-order valence-corrected chi connectivity index (χ2v) is 21.4. The third-order valence-corrected chi connectivity index (χ3v) is 15.1. The van der Waals surface area contributed by atoms with E-state index in [1.807, 2.05) is 0 Å². The molecule has 0 unspecified atom stereocenters. The van der Waals surface area contributed by atoms with Crippen LogP contribution in [-0.4, -0.2) is 105 Å². The molecule has 382 valence electrons. The molecule has 4 atom stereocenters. The zero-order chi connectivity index (χ0) is 51.6. The molecular weight excluding hydrogens is 954 g/mol. The van der Waals surface area contributed by atoms with E-state index >= 15 is 4.39 Å². The molecule has 2 saturated carbocycles. The molecule has 23 heteroatoms. The predicted octanol–water partition coefficient (Wildman–Crippen LogP) is 10.7. The number of nitrogen functional groups attached to an aromatic ring is 1. The Hall–Kier alpha value is -7.01. The maximum atomic E-state index is 15.1. The van der Waals surface area contributed by atoms with Crippen LogP contribution in [0.3, 0.4) is 0 Å². The lowest BCUT2D eigenvalue weighted by molar-refractivity contribution is 0.0499. The number of tetrazole rings is 1. The largest absolute Gasteiger partial charge is 0.396 e. The van der Waals surface area contributed by atoms with E-state index in [-0.39, 0.29) is 39.7 Å². The zero-order valence-corrected chi connectivity index (χ0v) is 42.2. The van der Waals surface area contributed by atoms with Gasteiger partial charge in [0.15, 0.2) is 0 Å². The lowest BCUT2D eigenvalue weighted by Gasteiger charge is -2.48. The van der Waals surface area contributed by atoms with Crippen molar-refractivity contribution in [3.05, 3.63) is 93.9 Å². The maximum absolute atomic E-state index is 15.1. The zero-order valence-electron chi connectivity index (χ0n) is 41.5. The third kappa shape index (κ3) is 11.5. The first-order valence-corrected chi connectivity index (χ1v) is 25.3. The van der Waals surface area contributed by atoms with Crippen LogP contribution in [-0.2, 0) is 0 Å². The van der Waals surface area contributed by atoms with Gasteiger partial charge in [-0.05, 0) is 187 Å². The molecule has 7 N–H and O–H groups in total. The number of halogens is 3. The molecule has 20 nitrogen and oxygen atoms in total. The second kappa shape index (κ2) is 21.2.